The van der Waals surface area contributed by atoms with Gasteiger partial charge in [-0.05, 0) is 12.1 Å². The Morgan fingerprint density at radius 2 is 1.95 bits per heavy atom. The summed E-state index contributed by atoms with van der Waals surface area (Å²) in [7, 11) is 0. The maximum absolute atomic E-state index is 11.9. The summed E-state index contributed by atoms with van der Waals surface area (Å²) >= 11 is 0. The third-order valence-corrected chi connectivity index (χ3v) is 2.35. The quantitative estimate of drug-likeness (QED) is 0.540. The highest BCUT2D eigenvalue weighted by atomic mass is 16.6. The van der Waals surface area contributed by atoms with Gasteiger partial charge < -0.3 is 0 Å². The molecule has 0 spiro atoms. The molecule has 21 heavy (non-hydrogen) atoms. The van der Waals surface area contributed by atoms with Gasteiger partial charge in [-0.2, -0.15) is 5.21 Å². The SMILES string of the molecule is CC.CC.O=c1c([N+](=O)[O-])c2nn[nH]n2c2cccnc12. The topological polar surface area (TPSA) is 119 Å². The Labute approximate surface area is 119 Å². The minimum Gasteiger partial charge on any atom is -0.280 e. The van der Waals surface area contributed by atoms with Gasteiger partial charge in [-0.1, -0.05) is 32.9 Å². The van der Waals surface area contributed by atoms with Crippen LogP contribution in [0.2, 0.25) is 0 Å². The third kappa shape index (κ3) is 2.71. The number of aromatic nitrogens is 5. The van der Waals surface area contributed by atoms with Crippen molar-refractivity contribution in [1.82, 2.24) is 25.0 Å². The molecule has 3 heterocycles. The van der Waals surface area contributed by atoms with Crippen LogP contribution in [-0.2, 0) is 0 Å². The van der Waals surface area contributed by atoms with Crippen molar-refractivity contribution in [2.24, 2.45) is 0 Å². The predicted octanol–water partition coefficient (Wildman–Crippen LogP) is 1.93. The zero-order chi connectivity index (χ0) is 16.0. The van der Waals surface area contributed by atoms with Crippen molar-refractivity contribution in [1.29, 1.82) is 0 Å². The average Bonchev–Trinajstić information content (AvgIpc) is 3.00. The summed E-state index contributed by atoms with van der Waals surface area (Å²) in [5, 5.41) is 20.3. The molecular weight excluding hydrogens is 276 g/mol. The average molecular weight is 292 g/mol. The molecule has 3 aromatic rings. The van der Waals surface area contributed by atoms with Crippen LogP contribution in [0.1, 0.15) is 27.7 Å². The highest BCUT2D eigenvalue weighted by Crippen LogP contribution is 2.16. The van der Waals surface area contributed by atoms with Gasteiger partial charge in [0.05, 0.1) is 10.4 Å². The normalized spacial score (nSPS) is 9.52. The fraction of sp³-hybridized carbons (Fsp3) is 0.333. The van der Waals surface area contributed by atoms with Gasteiger partial charge in [0, 0.05) is 6.20 Å². The van der Waals surface area contributed by atoms with Gasteiger partial charge in [0.15, 0.2) is 0 Å². The van der Waals surface area contributed by atoms with E-state index >= 15 is 0 Å². The lowest BCUT2D eigenvalue weighted by Crippen LogP contribution is -2.13. The van der Waals surface area contributed by atoms with Crippen molar-refractivity contribution in [2.45, 2.75) is 27.7 Å². The number of hydrogen-bond donors (Lipinski definition) is 1. The van der Waals surface area contributed by atoms with E-state index < -0.39 is 16.0 Å². The van der Waals surface area contributed by atoms with Crippen LogP contribution in [0, 0.1) is 10.1 Å². The minimum atomic E-state index is -0.783. The Balaban J connectivity index is 0.000000510. The second kappa shape index (κ2) is 7.08. The molecule has 0 atom stereocenters. The lowest BCUT2D eigenvalue weighted by molar-refractivity contribution is -0.384. The Kier molecular flexibility index (Phi) is 5.47. The molecule has 0 aliphatic rings. The fourth-order valence-electron chi connectivity index (χ4n) is 1.66. The molecule has 0 bridgehead atoms. The largest absolute Gasteiger partial charge is 0.364 e. The van der Waals surface area contributed by atoms with Gasteiger partial charge in [0.2, 0.25) is 0 Å². The molecule has 0 fully saturated rings. The van der Waals surface area contributed by atoms with Crippen molar-refractivity contribution >= 4 is 22.4 Å². The van der Waals surface area contributed by atoms with E-state index in [4.69, 9.17) is 0 Å². The van der Waals surface area contributed by atoms with Crippen LogP contribution >= 0.6 is 0 Å². The van der Waals surface area contributed by atoms with Crippen LogP contribution in [0.4, 0.5) is 5.69 Å². The maximum atomic E-state index is 11.9. The van der Waals surface area contributed by atoms with Gasteiger partial charge in [-0.25, -0.2) is 4.52 Å². The van der Waals surface area contributed by atoms with E-state index in [2.05, 4.69) is 20.5 Å². The smallest absolute Gasteiger partial charge is 0.280 e. The van der Waals surface area contributed by atoms with Crippen LogP contribution in [0.15, 0.2) is 23.1 Å². The number of aromatic amines is 1. The zero-order valence-electron chi connectivity index (χ0n) is 12.2. The van der Waals surface area contributed by atoms with E-state index in [1.165, 1.54) is 10.7 Å². The second-order valence-electron chi connectivity index (χ2n) is 3.26. The van der Waals surface area contributed by atoms with Crippen molar-refractivity contribution in [3.8, 4) is 0 Å². The Morgan fingerprint density at radius 1 is 1.29 bits per heavy atom. The molecule has 0 saturated carbocycles. The Hall–Kier alpha value is -2.84. The number of tetrazole rings is 1. The first kappa shape index (κ1) is 16.2. The fourth-order valence-corrected chi connectivity index (χ4v) is 1.66. The van der Waals surface area contributed by atoms with Crippen molar-refractivity contribution in [3.63, 3.8) is 0 Å². The van der Waals surface area contributed by atoms with E-state index in [-0.39, 0.29) is 11.2 Å². The molecule has 0 aliphatic carbocycles. The summed E-state index contributed by atoms with van der Waals surface area (Å²) in [6.07, 6.45) is 1.39. The summed E-state index contributed by atoms with van der Waals surface area (Å²) in [4.78, 5) is 25.8. The lowest BCUT2D eigenvalue weighted by Gasteiger charge is -1.98. The van der Waals surface area contributed by atoms with E-state index in [0.717, 1.165) is 0 Å². The first-order valence-corrected chi connectivity index (χ1v) is 6.55. The third-order valence-electron chi connectivity index (χ3n) is 2.35. The number of nitrogens with one attached hydrogen (secondary N) is 1. The summed E-state index contributed by atoms with van der Waals surface area (Å²) in [6.45, 7) is 8.00. The van der Waals surface area contributed by atoms with E-state index in [1.807, 2.05) is 27.7 Å². The molecule has 0 aromatic carbocycles. The number of pyridine rings is 2. The first-order valence-electron chi connectivity index (χ1n) is 6.55. The molecule has 9 heteroatoms. The molecule has 0 amide bonds. The summed E-state index contributed by atoms with van der Waals surface area (Å²) in [5.41, 5.74) is -1.13. The van der Waals surface area contributed by atoms with Gasteiger partial charge in [0.1, 0.15) is 5.52 Å². The number of nitrogens with zero attached hydrogens (tertiary/aromatic N) is 5. The predicted molar refractivity (Wildman–Crippen MR) is 78.3 cm³/mol. The molecule has 1 N–H and O–H groups in total. The van der Waals surface area contributed by atoms with E-state index in [1.54, 1.807) is 12.1 Å². The van der Waals surface area contributed by atoms with Crippen molar-refractivity contribution in [2.75, 3.05) is 0 Å². The molecule has 3 rings (SSSR count). The molecule has 0 radical (unpaired) electrons. The van der Waals surface area contributed by atoms with Crippen molar-refractivity contribution < 1.29 is 4.92 Å². The summed E-state index contributed by atoms with van der Waals surface area (Å²) in [5.74, 6) is 0. The Morgan fingerprint density at radius 3 is 2.57 bits per heavy atom. The molecule has 9 nitrogen and oxygen atoms in total. The van der Waals surface area contributed by atoms with Crippen LogP contribution < -0.4 is 5.43 Å². The first-order chi connectivity index (χ1) is 10.2. The maximum Gasteiger partial charge on any atom is 0.364 e. The molecule has 3 aromatic heterocycles. The number of fused-ring (bicyclic) bond motifs is 3. The zero-order valence-corrected chi connectivity index (χ0v) is 12.2. The number of hydrogen-bond acceptors (Lipinski definition) is 6. The monoisotopic (exact) mass is 292 g/mol. The second-order valence-corrected chi connectivity index (χ2v) is 3.26. The summed E-state index contributed by atoms with van der Waals surface area (Å²) < 4.78 is 1.25. The van der Waals surface area contributed by atoms with Gasteiger partial charge in [0.25, 0.3) is 11.1 Å². The van der Waals surface area contributed by atoms with E-state index in [9.17, 15) is 14.9 Å². The standard InChI is InChI=1S/C8H4N6O3.2C2H6/c15-7-5-4(2-1-3-9-5)13-8(10-11-12-13)6(7)14(16)17;2*1-2/h1-3H,(H,10,12);2*1-2H3. The van der Waals surface area contributed by atoms with Crippen LogP contribution in [0.5, 0.6) is 0 Å². The van der Waals surface area contributed by atoms with Crippen LogP contribution in [0.25, 0.3) is 16.7 Å². The Bertz CT molecular complexity index is 807. The van der Waals surface area contributed by atoms with Crippen molar-refractivity contribution in [3.05, 3.63) is 38.7 Å². The minimum absolute atomic E-state index is 0.00255. The molecule has 0 saturated heterocycles. The van der Waals surface area contributed by atoms with E-state index in [0.29, 0.717) is 5.52 Å². The molecular formula is C12H16N6O3. The number of rotatable bonds is 1. The highest BCUT2D eigenvalue weighted by Gasteiger charge is 2.24. The van der Waals surface area contributed by atoms with Gasteiger partial charge >= 0.3 is 5.69 Å². The molecule has 0 aliphatic heterocycles. The van der Waals surface area contributed by atoms with Gasteiger partial charge in [-0.15, -0.1) is 5.10 Å². The number of nitro groups is 1. The molecule has 112 valence electrons. The highest BCUT2D eigenvalue weighted by molar-refractivity contribution is 5.82. The number of H-pyrrole nitrogens is 1. The van der Waals surface area contributed by atoms with Gasteiger partial charge in [-0.3, -0.25) is 19.9 Å². The summed E-state index contributed by atoms with van der Waals surface area (Å²) in [6, 6.07) is 3.21. The van der Waals surface area contributed by atoms with Crippen LogP contribution in [0.3, 0.4) is 0 Å². The van der Waals surface area contributed by atoms with Crippen LogP contribution in [-0.4, -0.2) is 29.9 Å². The lowest BCUT2D eigenvalue weighted by atomic mass is 10.3. The molecule has 0 unspecified atom stereocenters.